The van der Waals surface area contributed by atoms with Crippen molar-refractivity contribution in [2.45, 2.75) is 26.7 Å². The highest BCUT2D eigenvalue weighted by Crippen LogP contribution is 2.40. The van der Waals surface area contributed by atoms with Crippen molar-refractivity contribution in [1.29, 1.82) is 0 Å². The number of carbonyl (C=O) groups is 4. The van der Waals surface area contributed by atoms with Gasteiger partial charge in [0, 0.05) is 17.7 Å². The topological polar surface area (TPSA) is 92.8 Å². The number of rotatable bonds is 6. The summed E-state index contributed by atoms with van der Waals surface area (Å²) in [4.78, 5) is 50.2. The zero-order valence-corrected chi connectivity index (χ0v) is 16.4. The first-order valence-electron chi connectivity index (χ1n) is 8.91. The third-order valence-electron chi connectivity index (χ3n) is 4.37. The fourth-order valence-corrected chi connectivity index (χ4v) is 4.24. The van der Waals surface area contributed by atoms with Crippen LogP contribution in [0.4, 0.5) is 5.00 Å². The molecule has 2 heterocycles. The highest BCUT2D eigenvalue weighted by molar-refractivity contribution is 7.20. The Morgan fingerprint density at radius 3 is 2.39 bits per heavy atom. The zero-order valence-electron chi connectivity index (χ0n) is 15.6. The molecule has 2 aromatic rings. The number of amides is 3. The Morgan fingerprint density at radius 2 is 1.79 bits per heavy atom. The molecule has 0 spiro atoms. The number of ether oxygens (including phenoxy) is 1. The van der Waals surface area contributed by atoms with Gasteiger partial charge in [-0.2, -0.15) is 0 Å². The van der Waals surface area contributed by atoms with Gasteiger partial charge in [-0.1, -0.05) is 30.3 Å². The van der Waals surface area contributed by atoms with E-state index in [1.807, 2.05) is 30.3 Å². The van der Waals surface area contributed by atoms with Crippen LogP contribution in [0.1, 0.15) is 35.7 Å². The van der Waals surface area contributed by atoms with Crippen molar-refractivity contribution in [2.75, 3.05) is 18.5 Å². The van der Waals surface area contributed by atoms with E-state index in [9.17, 15) is 19.2 Å². The van der Waals surface area contributed by atoms with Gasteiger partial charge in [0.1, 0.15) is 11.5 Å². The van der Waals surface area contributed by atoms with E-state index in [0.717, 1.165) is 15.3 Å². The van der Waals surface area contributed by atoms with E-state index >= 15 is 0 Å². The minimum Gasteiger partial charge on any atom is -0.462 e. The Balaban J connectivity index is 1.90. The maximum atomic E-state index is 12.5. The Kier molecular flexibility index (Phi) is 5.89. The lowest BCUT2D eigenvalue weighted by molar-refractivity contribution is -0.141. The second-order valence-corrected chi connectivity index (χ2v) is 7.29. The van der Waals surface area contributed by atoms with Crippen LogP contribution in [0, 0.1) is 6.92 Å². The molecule has 3 amide bonds. The second-order valence-electron chi connectivity index (χ2n) is 6.27. The van der Waals surface area contributed by atoms with Gasteiger partial charge in [0.15, 0.2) is 0 Å². The summed E-state index contributed by atoms with van der Waals surface area (Å²) < 4.78 is 5.15. The van der Waals surface area contributed by atoms with Crippen molar-refractivity contribution in [1.82, 2.24) is 4.90 Å². The average molecular weight is 400 g/mol. The summed E-state index contributed by atoms with van der Waals surface area (Å²) in [5.74, 6) is -1.78. The predicted octanol–water partition coefficient (Wildman–Crippen LogP) is 2.99. The minimum atomic E-state index is -0.532. The van der Waals surface area contributed by atoms with Gasteiger partial charge in [-0.25, -0.2) is 4.79 Å². The molecule has 0 bridgehead atoms. The summed E-state index contributed by atoms with van der Waals surface area (Å²) in [5.41, 5.74) is 1.91. The molecule has 0 unspecified atom stereocenters. The lowest BCUT2D eigenvalue weighted by Gasteiger charge is -2.13. The molecule has 3 rings (SSSR count). The van der Waals surface area contributed by atoms with Crippen molar-refractivity contribution in [3.05, 3.63) is 41.5 Å². The van der Waals surface area contributed by atoms with E-state index in [-0.39, 0.29) is 43.4 Å². The number of hydrogen-bond donors (Lipinski definition) is 1. The van der Waals surface area contributed by atoms with Gasteiger partial charge in [0.05, 0.1) is 12.2 Å². The van der Waals surface area contributed by atoms with Gasteiger partial charge in [0.25, 0.3) is 0 Å². The largest absolute Gasteiger partial charge is 0.462 e. The molecule has 28 heavy (non-hydrogen) atoms. The first kappa shape index (κ1) is 19.8. The van der Waals surface area contributed by atoms with Crippen LogP contribution in [0.15, 0.2) is 30.3 Å². The molecule has 8 heteroatoms. The molecule has 0 aliphatic carbocycles. The molecule has 1 aliphatic rings. The number of thiophene rings is 1. The molecule has 1 fully saturated rings. The number of benzene rings is 1. The summed E-state index contributed by atoms with van der Waals surface area (Å²) in [6, 6.07) is 9.51. The maximum Gasteiger partial charge on any atom is 0.341 e. The van der Waals surface area contributed by atoms with E-state index in [2.05, 4.69) is 5.32 Å². The molecular weight excluding hydrogens is 380 g/mol. The van der Waals surface area contributed by atoms with Gasteiger partial charge in [-0.15, -0.1) is 11.3 Å². The highest BCUT2D eigenvalue weighted by Gasteiger charge is 2.31. The monoisotopic (exact) mass is 400 g/mol. The molecule has 146 valence electrons. The average Bonchev–Trinajstić information content (AvgIpc) is 3.16. The third kappa shape index (κ3) is 3.96. The Bertz CT molecular complexity index is 920. The van der Waals surface area contributed by atoms with Crippen LogP contribution in [0.5, 0.6) is 0 Å². The molecule has 0 atom stereocenters. The summed E-state index contributed by atoms with van der Waals surface area (Å²) in [6.45, 7) is 3.35. The Hall–Kier alpha value is -3.00. The molecular formula is C20H20N2O5S. The SMILES string of the molecule is CCOC(=O)c1c(NC(=O)CN2C(=O)CCC2=O)sc(-c2ccccc2)c1C. The van der Waals surface area contributed by atoms with E-state index in [4.69, 9.17) is 4.74 Å². The molecule has 1 aromatic heterocycles. The van der Waals surface area contributed by atoms with Gasteiger partial charge in [-0.05, 0) is 25.0 Å². The number of nitrogens with zero attached hydrogens (tertiary/aromatic N) is 1. The summed E-state index contributed by atoms with van der Waals surface area (Å²) in [7, 11) is 0. The first-order valence-corrected chi connectivity index (χ1v) is 9.73. The van der Waals surface area contributed by atoms with Crippen molar-refractivity contribution in [2.24, 2.45) is 0 Å². The van der Waals surface area contributed by atoms with Crippen LogP contribution >= 0.6 is 11.3 Å². The number of nitrogens with one attached hydrogen (secondary N) is 1. The number of imide groups is 1. The number of hydrogen-bond acceptors (Lipinski definition) is 6. The van der Waals surface area contributed by atoms with E-state index in [0.29, 0.717) is 10.6 Å². The Morgan fingerprint density at radius 1 is 1.14 bits per heavy atom. The van der Waals surface area contributed by atoms with Crippen molar-refractivity contribution >= 4 is 40.0 Å². The van der Waals surface area contributed by atoms with Crippen molar-refractivity contribution in [3.8, 4) is 10.4 Å². The standard InChI is InChI=1S/C20H20N2O5S/c1-3-27-20(26)17-12(2)18(13-7-5-4-6-8-13)28-19(17)21-14(23)11-22-15(24)9-10-16(22)25/h4-8H,3,9-11H2,1-2H3,(H,21,23). The molecule has 1 saturated heterocycles. The van der Waals surface area contributed by atoms with Crippen LogP contribution in [0.25, 0.3) is 10.4 Å². The lowest BCUT2D eigenvalue weighted by Crippen LogP contribution is -2.37. The van der Waals surface area contributed by atoms with Crippen LogP contribution in [-0.4, -0.2) is 41.7 Å². The predicted molar refractivity (Wildman–Crippen MR) is 105 cm³/mol. The van der Waals surface area contributed by atoms with Crippen molar-refractivity contribution < 1.29 is 23.9 Å². The normalized spacial score (nSPS) is 13.7. The number of carbonyl (C=O) groups excluding carboxylic acids is 4. The molecule has 0 radical (unpaired) electrons. The molecule has 1 aliphatic heterocycles. The van der Waals surface area contributed by atoms with Gasteiger partial charge in [0.2, 0.25) is 17.7 Å². The molecule has 1 aromatic carbocycles. The number of anilines is 1. The lowest BCUT2D eigenvalue weighted by atomic mass is 10.1. The molecule has 0 saturated carbocycles. The van der Waals surface area contributed by atoms with Crippen LogP contribution in [0.3, 0.4) is 0 Å². The third-order valence-corrected chi connectivity index (χ3v) is 5.63. The van der Waals surface area contributed by atoms with Crippen molar-refractivity contribution in [3.63, 3.8) is 0 Å². The first-order chi connectivity index (χ1) is 13.4. The van der Waals surface area contributed by atoms with Crippen LogP contribution in [-0.2, 0) is 19.1 Å². The van der Waals surface area contributed by atoms with Gasteiger partial charge >= 0.3 is 5.97 Å². The van der Waals surface area contributed by atoms with E-state index < -0.39 is 11.9 Å². The van der Waals surface area contributed by atoms with Gasteiger partial charge in [-0.3, -0.25) is 19.3 Å². The maximum absolute atomic E-state index is 12.5. The van der Waals surface area contributed by atoms with Crippen LogP contribution in [0.2, 0.25) is 0 Å². The molecule has 1 N–H and O–H groups in total. The Labute approximate surface area is 166 Å². The fourth-order valence-electron chi connectivity index (χ4n) is 3.02. The summed E-state index contributed by atoms with van der Waals surface area (Å²) in [5, 5.41) is 3.03. The quantitative estimate of drug-likeness (QED) is 0.594. The van der Waals surface area contributed by atoms with E-state index in [1.54, 1.807) is 13.8 Å². The minimum absolute atomic E-state index is 0.121. The van der Waals surface area contributed by atoms with Gasteiger partial charge < -0.3 is 10.1 Å². The second kappa shape index (κ2) is 8.35. The summed E-state index contributed by atoms with van der Waals surface area (Å²) >= 11 is 1.26. The van der Waals surface area contributed by atoms with Crippen LogP contribution < -0.4 is 5.32 Å². The van der Waals surface area contributed by atoms with E-state index in [1.165, 1.54) is 11.3 Å². The zero-order chi connectivity index (χ0) is 20.3. The number of esters is 1. The summed E-state index contributed by atoms with van der Waals surface area (Å²) in [6.07, 6.45) is 0.243. The molecule has 7 nitrogen and oxygen atoms in total. The number of likely N-dealkylation sites (tertiary alicyclic amines) is 1. The fraction of sp³-hybridized carbons (Fsp3) is 0.300. The smallest absolute Gasteiger partial charge is 0.341 e. The highest BCUT2D eigenvalue weighted by atomic mass is 32.1.